The van der Waals surface area contributed by atoms with Crippen molar-refractivity contribution in [2.45, 2.75) is 76.7 Å². The van der Waals surface area contributed by atoms with Crippen molar-refractivity contribution in [2.75, 3.05) is 23.3 Å². The second kappa shape index (κ2) is 6.56. The van der Waals surface area contributed by atoms with Crippen LogP contribution in [0.5, 0.6) is 0 Å². The summed E-state index contributed by atoms with van der Waals surface area (Å²) in [6, 6.07) is 2.06. The van der Waals surface area contributed by atoms with E-state index < -0.39 is 0 Å². The Bertz CT molecular complexity index is 745. The highest BCUT2D eigenvalue weighted by Crippen LogP contribution is 2.55. The van der Waals surface area contributed by atoms with Crippen LogP contribution in [-0.2, 0) is 4.74 Å². The molecule has 6 rings (SSSR count). The average molecular weight is 389 g/mol. The molecule has 5 fully saturated rings. The number of nitrogens with two attached hydrogens (primary N) is 1. The molecule has 0 aromatic carbocycles. The van der Waals surface area contributed by atoms with Crippen molar-refractivity contribution in [3.63, 3.8) is 0 Å². The van der Waals surface area contributed by atoms with E-state index in [1.54, 1.807) is 6.07 Å². The number of anilines is 2. The molecular weight excluding hydrogens is 355 g/mol. The summed E-state index contributed by atoms with van der Waals surface area (Å²) in [5.74, 6) is 2.23. The second-order valence-corrected chi connectivity index (χ2v) is 10.1. The number of rotatable bonds is 3. The van der Waals surface area contributed by atoms with E-state index in [-0.39, 0.29) is 23.6 Å². The molecule has 4 bridgehead atoms. The fourth-order valence-electron chi connectivity index (χ4n) is 6.79. The normalized spacial score (nSPS) is 42.1. The molecule has 1 aromatic heterocycles. The molecule has 2 heterocycles. The van der Waals surface area contributed by atoms with Crippen LogP contribution in [0, 0.1) is 30.5 Å². The van der Waals surface area contributed by atoms with Crippen molar-refractivity contribution >= 4 is 11.5 Å². The van der Waals surface area contributed by atoms with Crippen molar-refractivity contribution in [1.29, 1.82) is 0 Å². The van der Waals surface area contributed by atoms with Gasteiger partial charge < -0.3 is 20.7 Å². The quantitative estimate of drug-likeness (QED) is 0.830. The van der Waals surface area contributed by atoms with Crippen molar-refractivity contribution in [1.82, 2.24) is 4.98 Å². The summed E-state index contributed by atoms with van der Waals surface area (Å²) < 4.78 is 20.8. The third-order valence-electron chi connectivity index (χ3n) is 7.51. The van der Waals surface area contributed by atoms with Gasteiger partial charge in [-0.3, -0.25) is 0 Å². The Kier molecular flexibility index (Phi) is 4.36. The molecule has 3 N–H and O–H groups in total. The van der Waals surface area contributed by atoms with E-state index in [4.69, 9.17) is 10.5 Å². The van der Waals surface area contributed by atoms with Gasteiger partial charge in [-0.1, -0.05) is 0 Å². The highest BCUT2D eigenvalue weighted by Gasteiger charge is 2.53. The first kappa shape index (κ1) is 18.6. The van der Waals surface area contributed by atoms with E-state index in [2.05, 4.69) is 10.3 Å². The largest absolute Gasteiger partial charge is 0.380 e. The van der Waals surface area contributed by atoms with Gasteiger partial charge in [-0.25, -0.2) is 9.37 Å². The van der Waals surface area contributed by atoms with Gasteiger partial charge in [0.25, 0.3) is 0 Å². The summed E-state index contributed by atoms with van der Waals surface area (Å²) in [5.41, 5.74) is 8.42. The molecule has 5 nitrogen and oxygen atoms in total. The van der Waals surface area contributed by atoms with Crippen LogP contribution in [0.25, 0.3) is 0 Å². The minimum atomic E-state index is -0.242. The van der Waals surface area contributed by atoms with Gasteiger partial charge in [0.05, 0.1) is 23.6 Å². The van der Waals surface area contributed by atoms with Crippen LogP contribution in [0.15, 0.2) is 6.07 Å². The predicted molar refractivity (Wildman–Crippen MR) is 109 cm³/mol. The van der Waals surface area contributed by atoms with Gasteiger partial charge in [-0.05, 0) is 70.6 Å². The SMILES string of the molecule is Cc1nc(N2CC(C)OC(C)C2)c(F)cc1NC1C2CC3CC1CC(N)(C3)C2. The number of nitrogens with one attached hydrogen (secondary N) is 1. The summed E-state index contributed by atoms with van der Waals surface area (Å²) in [5, 5.41) is 3.70. The molecular formula is C22H33FN4O. The first-order valence-corrected chi connectivity index (χ1v) is 10.9. The van der Waals surface area contributed by atoms with Crippen LogP contribution in [0.2, 0.25) is 0 Å². The zero-order chi connectivity index (χ0) is 19.6. The third-order valence-corrected chi connectivity index (χ3v) is 7.51. The van der Waals surface area contributed by atoms with Crippen LogP contribution < -0.4 is 16.0 Å². The Labute approximate surface area is 167 Å². The lowest BCUT2D eigenvalue weighted by Gasteiger charge is -2.59. The van der Waals surface area contributed by atoms with Gasteiger partial charge in [-0.15, -0.1) is 0 Å². The zero-order valence-corrected chi connectivity index (χ0v) is 17.2. The van der Waals surface area contributed by atoms with Crippen LogP contribution in [0.3, 0.4) is 0 Å². The maximum atomic E-state index is 15.0. The van der Waals surface area contributed by atoms with Crippen molar-refractivity contribution < 1.29 is 9.13 Å². The van der Waals surface area contributed by atoms with E-state index >= 15 is 4.39 Å². The second-order valence-electron chi connectivity index (χ2n) is 10.1. The van der Waals surface area contributed by atoms with E-state index in [0.29, 0.717) is 36.8 Å². The Morgan fingerprint density at radius 3 is 2.43 bits per heavy atom. The average Bonchev–Trinajstić information content (AvgIpc) is 2.58. The molecule has 1 aliphatic heterocycles. The monoisotopic (exact) mass is 388 g/mol. The van der Waals surface area contributed by atoms with Crippen molar-refractivity contribution in [3.05, 3.63) is 17.6 Å². The van der Waals surface area contributed by atoms with Crippen LogP contribution >= 0.6 is 0 Å². The molecule has 28 heavy (non-hydrogen) atoms. The van der Waals surface area contributed by atoms with Crippen LogP contribution in [0.1, 0.15) is 51.6 Å². The van der Waals surface area contributed by atoms with Gasteiger partial charge in [0.15, 0.2) is 11.6 Å². The Morgan fingerprint density at radius 2 is 1.82 bits per heavy atom. The molecule has 5 aliphatic rings. The molecule has 1 aromatic rings. The Balaban J connectivity index is 1.36. The van der Waals surface area contributed by atoms with Gasteiger partial charge >= 0.3 is 0 Å². The van der Waals surface area contributed by atoms with E-state index in [1.165, 1.54) is 19.3 Å². The standard InChI is InChI=1S/C22H33FN4O/c1-12-10-27(11-13(2)28-12)21-18(23)6-19(14(3)25-21)26-20-16-4-15-5-17(20)9-22(24,7-15)8-16/h6,12-13,15-17,20,26H,4-5,7-11,24H2,1-3H3. The number of hydrogen-bond donors (Lipinski definition) is 2. The van der Waals surface area contributed by atoms with Gasteiger partial charge in [0.1, 0.15) is 0 Å². The molecule has 1 saturated heterocycles. The maximum Gasteiger partial charge on any atom is 0.167 e. The minimum absolute atomic E-state index is 0.0564. The molecule has 4 unspecified atom stereocenters. The zero-order valence-electron chi connectivity index (χ0n) is 17.2. The molecule has 154 valence electrons. The number of nitrogens with zero attached hydrogens (tertiary/aromatic N) is 2. The number of hydrogen-bond acceptors (Lipinski definition) is 5. The van der Waals surface area contributed by atoms with Crippen molar-refractivity contribution in [2.24, 2.45) is 23.5 Å². The van der Waals surface area contributed by atoms with Crippen LogP contribution in [0.4, 0.5) is 15.9 Å². The molecule has 0 spiro atoms. The molecule has 0 amide bonds. The Morgan fingerprint density at radius 1 is 1.18 bits per heavy atom. The van der Waals surface area contributed by atoms with Crippen molar-refractivity contribution in [3.8, 4) is 0 Å². The molecule has 4 atom stereocenters. The number of aryl methyl sites for hydroxylation is 1. The highest BCUT2D eigenvalue weighted by molar-refractivity contribution is 5.55. The smallest absolute Gasteiger partial charge is 0.167 e. The fourth-order valence-corrected chi connectivity index (χ4v) is 6.79. The summed E-state index contributed by atoms with van der Waals surface area (Å²) in [6.45, 7) is 7.39. The van der Waals surface area contributed by atoms with E-state index in [1.807, 2.05) is 25.7 Å². The lowest BCUT2D eigenvalue weighted by molar-refractivity contribution is -0.0108. The summed E-state index contributed by atoms with van der Waals surface area (Å²) in [4.78, 5) is 6.69. The third kappa shape index (κ3) is 3.18. The first-order valence-electron chi connectivity index (χ1n) is 10.9. The summed E-state index contributed by atoms with van der Waals surface area (Å²) >= 11 is 0. The molecule has 0 radical (unpaired) electrons. The summed E-state index contributed by atoms with van der Waals surface area (Å²) in [7, 11) is 0. The van der Waals surface area contributed by atoms with E-state index in [9.17, 15) is 0 Å². The number of ether oxygens (including phenoxy) is 1. The number of morpholine rings is 1. The van der Waals surface area contributed by atoms with Gasteiger partial charge in [0, 0.05) is 30.7 Å². The molecule has 4 saturated carbocycles. The van der Waals surface area contributed by atoms with Crippen LogP contribution in [-0.4, -0.2) is 41.9 Å². The number of halogens is 1. The molecule has 4 aliphatic carbocycles. The first-order chi connectivity index (χ1) is 13.3. The molecule has 6 heteroatoms. The number of pyridine rings is 1. The maximum absolute atomic E-state index is 15.0. The summed E-state index contributed by atoms with van der Waals surface area (Å²) in [6.07, 6.45) is 6.11. The minimum Gasteiger partial charge on any atom is -0.380 e. The van der Waals surface area contributed by atoms with E-state index in [0.717, 1.165) is 30.1 Å². The lowest BCUT2D eigenvalue weighted by Crippen LogP contribution is -2.62. The van der Waals surface area contributed by atoms with Gasteiger partial charge in [-0.2, -0.15) is 0 Å². The lowest BCUT2D eigenvalue weighted by atomic mass is 9.51. The number of aromatic nitrogens is 1. The van der Waals surface area contributed by atoms with Gasteiger partial charge in [0.2, 0.25) is 0 Å². The highest BCUT2D eigenvalue weighted by atomic mass is 19.1. The predicted octanol–water partition coefficient (Wildman–Crippen LogP) is 3.46. The fraction of sp³-hybridized carbons (Fsp3) is 0.773. The topological polar surface area (TPSA) is 63.4 Å². The Hall–Kier alpha value is -1.40.